The third-order valence-electron chi connectivity index (χ3n) is 3.80. The second-order valence-electron chi connectivity index (χ2n) is 5.38. The molecular formula is C18H25N5O. The quantitative estimate of drug-likeness (QED) is 0.632. The number of rotatable bonds is 5. The summed E-state index contributed by atoms with van der Waals surface area (Å²) in [6.07, 6.45) is 11.7. The van der Waals surface area contributed by atoms with Crippen LogP contribution in [0.15, 0.2) is 48.4 Å². The summed E-state index contributed by atoms with van der Waals surface area (Å²) in [5.74, 6) is 0.202. The number of nitriles is 1. The number of primary amides is 1. The first-order valence-corrected chi connectivity index (χ1v) is 8.03. The molecule has 0 atom stereocenters. The van der Waals surface area contributed by atoms with Gasteiger partial charge in [0, 0.05) is 37.1 Å². The van der Waals surface area contributed by atoms with Crippen LogP contribution in [-0.2, 0) is 11.2 Å². The van der Waals surface area contributed by atoms with Crippen LogP contribution in [-0.4, -0.2) is 29.4 Å². The Morgan fingerprint density at radius 1 is 1.38 bits per heavy atom. The maximum atomic E-state index is 8.93. The van der Waals surface area contributed by atoms with Gasteiger partial charge in [0.25, 0.3) is 0 Å². The van der Waals surface area contributed by atoms with E-state index in [1.807, 2.05) is 24.4 Å². The second kappa shape index (κ2) is 11.7. The van der Waals surface area contributed by atoms with Crippen LogP contribution >= 0.6 is 0 Å². The van der Waals surface area contributed by atoms with E-state index in [4.69, 9.17) is 15.8 Å². The molecule has 0 unspecified atom stereocenters. The minimum absolute atomic E-state index is 0.202. The molecule has 128 valence electrons. The van der Waals surface area contributed by atoms with Crippen molar-refractivity contribution >= 4 is 6.41 Å². The summed E-state index contributed by atoms with van der Waals surface area (Å²) in [6, 6.07) is 8.33. The summed E-state index contributed by atoms with van der Waals surface area (Å²) in [7, 11) is 0. The van der Waals surface area contributed by atoms with Crippen molar-refractivity contribution in [1.82, 2.24) is 9.88 Å². The predicted octanol–water partition coefficient (Wildman–Crippen LogP) is 1.71. The number of aromatic nitrogens is 1. The number of nitrogens with zero attached hydrogens (tertiary/aromatic N) is 3. The highest BCUT2D eigenvalue weighted by atomic mass is 16.1. The fourth-order valence-electron chi connectivity index (χ4n) is 2.51. The number of nitrogens with two attached hydrogens (primary N) is 2. The second-order valence-corrected chi connectivity index (χ2v) is 5.38. The van der Waals surface area contributed by atoms with Crippen LogP contribution in [0.25, 0.3) is 0 Å². The van der Waals surface area contributed by atoms with Gasteiger partial charge in [-0.15, -0.1) is 0 Å². The molecule has 1 aliphatic rings. The molecule has 1 aromatic rings. The number of amides is 1. The molecule has 1 aliphatic heterocycles. The Balaban J connectivity index is 0.000000891. The van der Waals surface area contributed by atoms with E-state index in [0.717, 1.165) is 50.2 Å². The van der Waals surface area contributed by atoms with Gasteiger partial charge in [0.2, 0.25) is 6.41 Å². The van der Waals surface area contributed by atoms with Crippen LogP contribution in [0.3, 0.4) is 0 Å². The molecule has 2 heterocycles. The summed E-state index contributed by atoms with van der Waals surface area (Å²) in [4.78, 5) is 15.1. The van der Waals surface area contributed by atoms with Crippen LogP contribution in [0.4, 0.5) is 0 Å². The number of allylic oxidation sites excluding steroid dienone is 2. The van der Waals surface area contributed by atoms with Crippen LogP contribution in [0.2, 0.25) is 0 Å². The lowest BCUT2D eigenvalue weighted by atomic mass is 9.98. The van der Waals surface area contributed by atoms with Crippen LogP contribution in [0.1, 0.15) is 25.0 Å². The van der Waals surface area contributed by atoms with Gasteiger partial charge in [-0.1, -0.05) is 12.1 Å². The van der Waals surface area contributed by atoms with Crippen molar-refractivity contribution in [1.29, 1.82) is 5.26 Å². The molecule has 1 aromatic heterocycles. The van der Waals surface area contributed by atoms with Crippen molar-refractivity contribution in [2.24, 2.45) is 17.4 Å². The predicted molar refractivity (Wildman–Crippen MR) is 94.1 cm³/mol. The largest absolute Gasteiger partial charge is 0.403 e. The fraction of sp³-hybridized carbons (Fsp3) is 0.389. The van der Waals surface area contributed by atoms with Crippen LogP contribution < -0.4 is 11.5 Å². The maximum absolute atomic E-state index is 8.93. The minimum atomic E-state index is 0.202. The zero-order valence-corrected chi connectivity index (χ0v) is 13.8. The lowest BCUT2D eigenvalue weighted by Gasteiger charge is -2.31. The van der Waals surface area contributed by atoms with E-state index in [-0.39, 0.29) is 12.3 Å². The van der Waals surface area contributed by atoms with Crippen LogP contribution in [0.5, 0.6) is 0 Å². The summed E-state index contributed by atoms with van der Waals surface area (Å²) in [5, 5.41) is 8.93. The van der Waals surface area contributed by atoms with Gasteiger partial charge in [-0.05, 0) is 43.9 Å². The standard InChI is InChI=1S/C17H22N4.CH3NO/c18-13-15-8-11-21(12-9-15)17(14-19)7-2-1-5-16-6-3-4-10-20-16;2-1-3/h2-4,6-7,10,14-15H,1,5,8-9,11-12,19H2;1H,(H2,2,3)/b7-2-,17-14+;. The van der Waals surface area contributed by atoms with E-state index < -0.39 is 0 Å². The molecule has 24 heavy (non-hydrogen) atoms. The van der Waals surface area contributed by atoms with Gasteiger partial charge in [-0.25, -0.2) is 0 Å². The highest BCUT2D eigenvalue weighted by molar-refractivity contribution is 5.42. The van der Waals surface area contributed by atoms with E-state index in [2.05, 4.69) is 33.8 Å². The Morgan fingerprint density at radius 2 is 2.08 bits per heavy atom. The molecule has 0 radical (unpaired) electrons. The number of likely N-dealkylation sites (tertiary alicyclic amines) is 1. The van der Waals surface area contributed by atoms with E-state index >= 15 is 0 Å². The number of hydrogen-bond acceptors (Lipinski definition) is 5. The highest BCUT2D eigenvalue weighted by Gasteiger charge is 2.18. The fourth-order valence-corrected chi connectivity index (χ4v) is 2.51. The smallest absolute Gasteiger partial charge is 0.204 e. The third-order valence-corrected chi connectivity index (χ3v) is 3.80. The van der Waals surface area contributed by atoms with Crippen molar-refractivity contribution in [2.75, 3.05) is 13.1 Å². The molecule has 1 saturated heterocycles. The first-order valence-electron chi connectivity index (χ1n) is 8.03. The van der Waals surface area contributed by atoms with Crippen molar-refractivity contribution in [3.63, 3.8) is 0 Å². The first-order chi connectivity index (χ1) is 11.7. The van der Waals surface area contributed by atoms with Crippen molar-refractivity contribution in [3.8, 4) is 6.07 Å². The van der Waals surface area contributed by atoms with E-state index in [1.54, 1.807) is 6.20 Å². The zero-order chi connectivity index (χ0) is 17.6. The monoisotopic (exact) mass is 327 g/mol. The normalized spacial score (nSPS) is 15.5. The topological polar surface area (TPSA) is 109 Å². The zero-order valence-electron chi connectivity index (χ0n) is 13.8. The Bertz CT molecular complexity index is 569. The molecule has 0 aromatic carbocycles. The Morgan fingerprint density at radius 3 is 2.62 bits per heavy atom. The summed E-state index contributed by atoms with van der Waals surface area (Å²) in [5.41, 5.74) is 12.1. The number of piperidine rings is 1. The molecule has 0 saturated carbocycles. The SMILES string of the molecule is N#CC1CCN(C(/C=C\CCc2ccccn2)=C/N)CC1.NC=O. The highest BCUT2D eigenvalue weighted by Crippen LogP contribution is 2.20. The summed E-state index contributed by atoms with van der Waals surface area (Å²) >= 11 is 0. The molecule has 6 heteroatoms. The van der Waals surface area contributed by atoms with Crippen molar-refractivity contribution in [2.45, 2.75) is 25.7 Å². The first kappa shape index (κ1) is 19.2. The number of carbonyl (C=O) groups is 1. The van der Waals surface area contributed by atoms with Gasteiger partial charge >= 0.3 is 0 Å². The molecule has 0 bridgehead atoms. The molecule has 1 amide bonds. The molecule has 1 fully saturated rings. The lowest BCUT2D eigenvalue weighted by Crippen LogP contribution is -2.32. The van der Waals surface area contributed by atoms with Gasteiger partial charge in [0.05, 0.1) is 11.8 Å². The third kappa shape index (κ3) is 6.97. The van der Waals surface area contributed by atoms with E-state index in [0.29, 0.717) is 0 Å². The van der Waals surface area contributed by atoms with E-state index in [1.165, 1.54) is 0 Å². The number of pyridine rings is 1. The van der Waals surface area contributed by atoms with E-state index in [9.17, 15) is 0 Å². The molecule has 0 aliphatic carbocycles. The Kier molecular flexibility index (Phi) is 9.39. The van der Waals surface area contributed by atoms with Gasteiger partial charge in [-0.2, -0.15) is 5.26 Å². The molecule has 4 N–H and O–H groups in total. The molecule has 0 spiro atoms. The number of hydrogen-bond donors (Lipinski definition) is 2. The van der Waals surface area contributed by atoms with Gasteiger partial charge < -0.3 is 16.4 Å². The van der Waals surface area contributed by atoms with Crippen molar-refractivity contribution < 1.29 is 4.79 Å². The molecular weight excluding hydrogens is 302 g/mol. The minimum Gasteiger partial charge on any atom is -0.403 e. The molecule has 2 rings (SSSR count). The average Bonchev–Trinajstić information content (AvgIpc) is 2.63. The Hall–Kier alpha value is -2.81. The summed E-state index contributed by atoms with van der Waals surface area (Å²) in [6.45, 7) is 1.82. The van der Waals surface area contributed by atoms with Gasteiger partial charge in [0.15, 0.2) is 0 Å². The lowest BCUT2D eigenvalue weighted by molar-refractivity contribution is -0.106. The maximum Gasteiger partial charge on any atom is 0.204 e. The number of aryl methyl sites for hydroxylation is 1. The van der Waals surface area contributed by atoms with Gasteiger partial charge in [-0.3, -0.25) is 9.78 Å². The number of carbonyl (C=O) groups excluding carboxylic acids is 1. The molecule has 6 nitrogen and oxygen atoms in total. The Labute approximate surface area is 143 Å². The summed E-state index contributed by atoms with van der Waals surface area (Å²) < 4.78 is 0. The van der Waals surface area contributed by atoms with Crippen LogP contribution in [0, 0.1) is 17.2 Å². The van der Waals surface area contributed by atoms with Gasteiger partial charge in [0.1, 0.15) is 0 Å². The average molecular weight is 327 g/mol. The van der Waals surface area contributed by atoms with Crippen molar-refractivity contribution in [3.05, 3.63) is 54.1 Å².